The minimum absolute atomic E-state index is 0.00675. The lowest BCUT2D eigenvalue weighted by Crippen LogP contribution is -2.51. The maximum Gasteiger partial charge on any atom is 0.312 e. The summed E-state index contributed by atoms with van der Waals surface area (Å²) in [6.07, 6.45) is 9.38. The van der Waals surface area contributed by atoms with E-state index in [0.29, 0.717) is 0 Å². The molecule has 0 amide bonds. The smallest absolute Gasteiger partial charge is 0.312 e. The van der Waals surface area contributed by atoms with E-state index < -0.39 is 11.4 Å². The van der Waals surface area contributed by atoms with Crippen LogP contribution in [-0.4, -0.2) is 35.5 Å². The van der Waals surface area contributed by atoms with Gasteiger partial charge in [-0.3, -0.25) is 4.79 Å². The van der Waals surface area contributed by atoms with E-state index in [1.165, 1.54) is 12.8 Å². The summed E-state index contributed by atoms with van der Waals surface area (Å²) < 4.78 is 12.0. The fourth-order valence-electron chi connectivity index (χ4n) is 5.41. The summed E-state index contributed by atoms with van der Waals surface area (Å²) in [7, 11) is 0. The van der Waals surface area contributed by atoms with Crippen LogP contribution in [0.15, 0.2) is 0 Å². The summed E-state index contributed by atoms with van der Waals surface area (Å²) in [5, 5.41) is 9.95. The lowest BCUT2D eigenvalue weighted by Gasteiger charge is -2.46. The van der Waals surface area contributed by atoms with Gasteiger partial charge in [0.05, 0.1) is 23.2 Å². The number of aliphatic carboxylic acids is 1. The van der Waals surface area contributed by atoms with Crippen LogP contribution in [0.5, 0.6) is 0 Å². The molecule has 1 aliphatic carbocycles. The number of ether oxygens (including phenoxy) is 2. The third kappa shape index (κ3) is 1.70. The van der Waals surface area contributed by atoms with Gasteiger partial charge in [-0.15, -0.1) is 0 Å². The fourth-order valence-corrected chi connectivity index (χ4v) is 5.41. The van der Waals surface area contributed by atoms with Gasteiger partial charge in [0.15, 0.2) is 0 Å². The molecular formula is C16H24O4. The number of hydrogen-bond acceptors (Lipinski definition) is 3. The van der Waals surface area contributed by atoms with E-state index in [4.69, 9.17) is 9.47 Å². The van der Waals surface area contributed by atoms with Crippen molar-refractivity contribution in [2.45, 2.75) is 75.6 Å². The third-order valence-corrected chi connectivity index (χ3v) is 6.38. The van der Waals surface area contributed by atoms with Gasteiger partial charge < -0.3 is 14.6 Å². The van der Waals surface area contributed by atoms with Crippen molar-refractivity contribution in [1.29, 1.82) is 0 Å². The number of rotatable bonds is 2. The first-order chi connectivity index (χ1) is 9.65. The Morgan fingerprint density at radius 1 is 1.10 bits per heavy atom. The Hall–Kier alpha value is -0.610. The van der Waals surface area contributed by atoms with Crippen LogP contribution in [0.3, 0.4) is 0 Å². The number of fused-ring (bicyclic) bond motifs is 2. The van der Waals surface area contributed by atoms with Crippen molar-refractivity contribution < 1.29 is 19.4 Å². The first kappa shape index (κ1) is 13.1. The quantitative estimate of drug-likeness (QED) is 0.845. The van der Waals surface area contributed by atoms with Gasteiger partial charge >= 0.3 is 5.97 Å². The normalized spacial score (nSPS) is 46.1. The highest BCUT2D eigenvalue weighted by Crippen LogP contribution is 2.57. The molecule has 0 radical (unpaired) electrons. The van der Waals surface area contributed by atoms with Gasteiger partial charge in [-0.05, 0) is 50.9 Å². The number of carbonyl (C=O) groups is 1. The molecule has 2 bridgehead atoms. The van der Waals surface area contributed by atoms with E-state index >= 15 is 0 Å². The van der Waals surface area contributed by atoms with Gasteiger partial charge in [-0.2, -0.15) is 0 Å². The van der Waals surface area contributed by atoms with Gasteiger partial charge in [0.2, 0.25) is 0 Å². The van der Waals surface area contributed by atoms with Crippen molar-refractivity contribution in [1.82, 2.24) is 0 Å². The van der Waals surface area contributed by atoms with E-state index in [-0.39, 0.29) is 23.7 Å². The SMILES string of the molecule is O=C(O)C1(C2CCOC3(CCCC3)C2)CC2CCC1O2. The Morgan fingerprint density at radius 2 is 1.90 bits per heavy atom. The number of carboxylic acids is 1. The van der Waals surface area contributed by atoms with E-state index in [1.54, 1.807) is 0 Å². The zero-order chi connectivity index (χ0) is 13.8. The second-order valence-electron chi connectivity index (χ2n) is 7.30. The van der Waals surface area contributed by atoms with Crippen LogP contribution in [0.25, 0.3) is 0 Å². The Bertz CT molecular complexity index is 415. The molecule has 4 fully saturated rings. The molecule has 3 saturated heterocycles. The highest BCUT2D eigenvalue weighted by atomic mass is 16.5. The van der Waals surface area contributed by atoms with Crippen molar-refractivity contribution in [3.8, 4) is 0 Å². The molecule has 4 unspecified atom stereocenters. The fraction of sp³-hybridized carbons (Fsp3) is 0.938. The number of hydrogen-bond donors (Lipinski definition) is 1. The maximum atomic E-state index is 12.1. The molecular weight excluding hydrogens is 256 g/mol. The Balaban J connectivity index is 1.62. The van der Waals surface area contributed by atoms with Crippen LogP contribution in [0.1, 0.15) is 57.8 Å². The largest absolute Gasteiger partial charge is 0.481 e. The van der Waals surface area contributed by atoms with Crippen molar-refractivity contribution in [2.75, 3.05) is 6.61 Å². The van der Waals surface area contributed by atoms with E-state index in [0.717, 1.165) is 51.6 Å². The molecule has 4 atom stereocenters. The lowest BCUT2D eigenvalue weighted by molar-refractivity contribution is -0.169. The second kappa shape index (κ2) is 4.44. The molecule has 4 nitrogen and oxygen atoms in total. The minimum Gasteiger partial charge on any atom is -0.481 e. The molecule has 0 aromatic heterocycles. The summed E-state index contributed by atoms with van der Waals surface area (Å²) >= 11 is 0. The van der Waals surface area contributed by atoms with Crippen LogP contribution >= 0.6 is 0 Å². The Kier molecular flexibility index (Phi) is 2.90. The van der Waals surface area contributed by atoms with E-state index in [1.807, 2.05) is 0 Å². The first-order valence-corrected chi connectivity index (χ1v) is 8.17. The van der Waals surface area contributed by atoms with Crippen LogP contribution in [0.4, 0.5) is 0 Å². The lowest BCUT2D eigenvalue weighted by atomic mass is 9.61. The summed E-state index contributed by atoms with van der Waals surface area (Å²) in [5.74, 6) is -0.383. The average Bonchev–Trinajstić information content (AvgIpc) is 3.14. The molecule has 20 heavy (non-hydrogen) atoms. The minimum atomic E-state index is -0.623. The molecule has 3 aliphatic heterocycles. The van der Waals surface area contributed by atoms with Crippen LogP contribution in [-0.2, 0) is 14.3 Å². The predicted octanol–water partition coefficient (Wildman–Crippen LogP) is 2.75. The molecule has 4 heteroatoms. The zero-order valence-electron chi connectivity index (χ0n) is 12.0. The summed E-state index contributed by atoms with van der Waals surface area (Å²) in [4.78, 5) is 12.1. The highest BCUT2D eigenvalue weighted by molar-refractivity contribution is 5.77. The molecule has 112 valence electrons. The van der Waals surface area contributed by atoms with Crippen molar-refractivity contribution in [3.63, 3.8) is 0 Å². The van der Waals surface area contributed by atoms with Gasteiger partial charge in [-0.1, -0.05) is 12.8 Å². The average molecular weight is 280 g/mol. The van der Waals surface area contributed by atoms with E-state index in [2.05, 4.69) is 0 Å². The van der Waals surface area contributed by atoms with Gasteiger partial charge in [0.25, 0.3) is 0 Å². The Morgan fingerprint density at radius 3 is 2.50 bits per heavy atom. The number of carboxylic acid groups (broad SMARTS) is 1. The molecule has 3 heterocycles. The van der Waals surface area contributed by atoms with Crippen LogP contribution < -0.4 is 0 Å². The summed E-state index contributed by atoms with van der Waals surface area (Å²) in [6, 6.07) is 0. The highest BCUT2D eigenvalue weighted by Gasteiger charge is 2.62. The zero-order valence-corrected chi connectivity index (χ0v) is 12.0. The predicted molar refractivity (Wildman–Crippen MR) is 72.5 cm³/mol. The molecule has 0 aromatic rings. The van der Waals surface area contributed by atoms with Crippen LogP contribution in [0, 0.1) is 11.3 Å². The summed E-state index contributed by atoms with van der Waals surface area (Å²) in [5.41, 5.74) is -0.629. The third-order valence-electron chi connectivity index (χ3n) is 6.38. The van der Waals surface area contributed by atoms with Crippen molar-refractivity contribution in [2.24, 2.45) is 11.3 Å². The van der Waals surface area contributed by atoms with E-state index in [9.17, 15) is 9.90 Å². The maximum absolute atomic E-state index is 12.1. The monoisotopic (exact) mass is 280 g/mol. The molecule has 4 aliphatic rings. The Labute approximate surface area is 119 Å². The second-order valence-corrected chi connectivity index (χ2v) is 7.30. The summed E-state index contributed by atoms with van der Waals surface area (Å²) in [6.45, 7) is 0.733. The molecule has 1 saturated carbocycles. The molecule has 1 spiro atoms. The molecule has 0 aromatic carbocycles. The van der Waals surface area contributed by atoms with Gasteiger partial charge in [0.1, 0.15) is 0 Å². The van der Waals surface area contributed by atoms with Gasteiger partial charge in [-0.25, -0.2) is 0 Å². The van der Waals surface area contributed by atoms with Crippen LogP contribution in [0.2, 0.25) is 0 Å². The molecule has 4 rings (SSSR count). The van der Waals surface area contributed by atoms with Crippen molar-refractivity contribution >= 4 is 5.97 Å². The topological polar surface area (TPSA) is 55.8 Å². The van der Waals surface area contributed by atoms with Gasteiger partial charge in [0, 0.05) is 6.61 Å². The van der Waals surface area contributed by atoms with Crippen molar-refractivity contribution in [3.05, 3.63) is 0 Å². The molecule has 1 N–H and O–H groups in total. The standard InChI is InChI=1S/C16H24O4/c17-14(18)16(10-12-3-4-13(16)20-12)11-5-8-19-15(9-11)6-1-2-7-15/h11-13H,1-10H2,(H,17,18). The first-order valence-electron chi connectivity index (χ1n) is 8.17.